The third-order valence-corrected chi connectivity index (χ3v) is 4.48. The molecule has 1 aliphatic rings. The number of hydrogen-bond donors (Lipinski definition) is 1. The minimum absolute atomic E-state index is 0.214. The van der Waals surface area contributed by atoms with E-state index in [0.717, 1.165) is 42.7 Å². The van der Waals surface area contributed by atoms with Gasteiger partial charge in [-0.1, -0.05) is 23.7 Å². The van der Waals surface area contributed by atoms with Gasteiger partial charge in [0, 0.05) is 49.5 Å². The highest BCUT2D eigenvalue weighted by Crippen LogP contribution is 2.22. The molecule has 0 unspecified atom stereocenters. The lowest BCUT2D eigenvalue weighted by molar-refractivity contribution is 0.0952. The summed E-state index contributed by atoms with van der Waals surface area (Å²) in [6, 6.07) is 9.64. The number of piperazine rings is 1. The lowest BCUT2D eigenvalue weighted by atomic mass is 10.2. The van der Waals surface area contributed by atoms with Crippen molar-refractivity contribution in [2.24, 2.45) is 0 Å². The third kappa shape index (κ3) is 4.32. The summed E-state index contributed by atoms with van der Waals surface area (Å²) in [5, 5.41) is 3.50. The van der Waals surface area contributed by atoms with Gasteiger partial charge in [0.05, 0.1) is 0 Å². The lowest BCUT2D eigenvalue weighted by Crippen LogP contribution is -2.47. The van der Waals surface area contributed by atoms with E-state index in [1.807, 2.05) is 18.2 Å². The van der Waals surface area contributed by atoms with Crippen molar-refractivity contribution in [2.45, 2.75) is 6.92 Å². The molecule has 136 valence electrons. The van der Waals surface area contributed by atoms with Gasteiger partial charge < -0.3 is 15.1 Å². The van der Waals surface area contributed by atoms with E-state index in [1.165, 1.54) is 0 Å². The maximum absolute atomic E-state index is 12.2. The Bertz CT molecular complexity index is 802. The molecule has 6 nitrogen and oxygen atoms in total. The van der Waals surface area contributed by atoms with E-state index >= 15 is 0 Å². The summed E-state index contributed by atoms with van der Waals surface area (Å²) in [6.45, 7) is 9.17. The van der Waals surface area contributed by atoms with Crippen molar-refractivity contribution in [3.63, 3.8) is 0 Å². The van der Waals surface area contributed by atoms with Crippen LogP contribution in [-0.2, 0) is 0 Å². The number of carbonyl (C=O) groups is 1. The summed E-state index contributed by atoms with van der Waals surface area (Å²) in [6.07, 6.45) is 1.64. The zero-order chi connectivity index (χ0) is 18.5. The van der Waals surface area contributed by atoms with Gasteiger partial charge in [0.15, 0.2) is 0 Å². The molecule has 7 heteroatoms. The van der Waals surface area contributed by atoms with E-state index < -0.39 is 0 Å². The zero-order valence-electron chi connectivity index (χ0n) is 14.8. The average molecular weight is 372 g/mol. The predicted molar refractivity (Wildman–Crippen MR) is 105 cm³/mol. The van der Waals surface area contributed by atoms with Gasteiger partial charge in [0.1, 0.15) is 17.3 Å². The Kier molecular flexibility index (Phi) is 5.73. The summed E-state index contributed by atoms with van der Waals surface area (Å²) in [5.74, 6) is 1.16. The Morgan fingerprint density at radius 1 is 1.23 bits per heavy atom. The van der Waals surface area contributed by atoms with Crippen LogP contribution in [0.1, 0.15) is 16.3 Å². The Morgan fingerprint density at radius 2 is 1.96 bits per heavy atom. The molecule has 0 radical (unpaired) electrons. The van der Waals surface area contributed by atoms with E-state index in [1.54, 1.807) is 19.1 Å². The van der Waals surface area contributed by atoms with Gasteiger partial charge in [-0.2, -0.15) is 0 Å². The molecular formula is C19H22ClN5O. The molecule has 0 spiro atoms. The van der Waals surface area contributed by atoms with Crippen LogP contribution in [0.25, 0.3) is 0 Å². The molecule has 0 bridgehead atoms. The number of halogens is 1. The Balaban J connectivity index is 1.70. The van der Waals surface area contributed by atoms with Crippen molar-refractivity contribution in [3.8, 4) is 0 Å². The molecule has 0 aliphatic carbocycles. The molecule has 0 atom stereocenters. The summed E-state index contributed by atoms with van der Waals surface area (Å²) in [5.41, 5.74) is 1.51. The standard InChI is InChI=1S/C19H22ClN5O/c1-3-7-21-19(26)17-13-18(23-14(2)22-17)25-10-8-24(9-11-25)16-6-4-5-15(20)12-16/h3-6,12-13H,1,7-11H2,2H3,(H,21,26). The predicted octanol–water partition coefficient (Wildman–Crippen LogP) is 2.68. The number of benzene rings is 1. The number of hydrogen-bond acceptors (Lipinski definition) is 5. The summed E-state index contributed by atoms with van der Waals surface area (Å²) >= 11 is 6.09. The number of nitrogens with one attached hydrogen (secondary N) is 1. The molecule has 1 saturated heterocycles. The number of anilines is 2. The Morgan fingerprint density at radius 3 is 2.65 bits per heavy atom. The number of carbonyl (C=O) groups excluding carboxylic acids is 1. The van der Waals surface area contributed by atoms with Gasteiger partial charge in [-0.3, -0.25) is 4.79 Å². The fourth-order valence-electron chi connectivity index (χ4n) is 2.95. The van der Waals surface area contributed by atoms with Crippen molar-refractivity contribution in [1.82, 2.24) is 15.3 Å². The third-order valence-electron chi connectivity index (χ3n) is 4.24. The molecule has 1 aromatic carbocycles. The average Bonchev–Trinajstić information content (AvgIpc) is 2.65. The highest BCUT2D eigenvalue weighted by atomic mass is 35.5. The van der Waals surface area contributed by atoms with Gasteiger partial charge >= 0.3 is 0 Å². The topological polar surface area (TPSA) is 61.4 Å². The molecule has 1 amide bonds. The van der Waals surface area contributed by atoms with Gasteiger partial charge in [0.2, 0.25) is 0 Å². The molecule has 2 aromatic rings. The SMILES string of the molecule is C=CCNC(=O)c1cc(N2CCN(c3cccc(Cl)c3)CC2)nc(C)n1. The van der Waals surface area contributed by atoms with Gasteiger partial charge in [-0.15, -0.1) is 6.58 Å². The summed E-state index contributed by atoms with van der Waals surface area (Å²) in [7, 11) is 0. The van der Waals surface area contributed by atoms with Crippen molar-refractivity contribution in [2.75, 3.05) is 42.5 Å². The van der Waals surface area contributed by atoms with E-state index in [0.29, 0.717) is 18.1 Å². The first-order valence-electron chi connectivity index (χ1n) is 8.57. The van der Waals surface area contributed by atoms with Crippen LogP contribution in [0.4, 0.5) is 11.5 Å². The zero-order valence-corrected chi connectivity index (χ0v) is 15.5. The van der Waals surface area contributed by atoms with Crippen molar-refractivity contribution in [1.29, 1.82) is 0 Å². The molecule has 26 heavy (non-hydrogen) atoms. The van der Waals surface area contributed by atoms with Crippen molar-refractivity contribution >= 4 is 29.0 Å². The molecule has 1 aliphatic heterocycles. The van der Waals surface area contributed by atoms with Crippen LogP contribution in [0, 0.1) is 6.92 Å². The first kappa shape index (κ1) is 18.2. The minimum Gasteiger partial charge on any atom is -0.368 e. The van der Waals surface area contributed by atoms with Gasteiger partial charge in [-0.25, -0.2) is 9.97 Å². The van der Waals surface area contributed by atoms with Crippen LogP contribution >= 0.6 is 11.6 Å². The Labute approximate surface area is 158 Å². The van der Waals surface area contributed by atoms with Crippen molar-refractivity contribution in [3.05, 3.63) is 59.5 Å². The smallest absolute Gasteiger partial charge is 0.270 e. The number of amides is 1. The minimum atomic E-state index is -0.214. The second kappa shape index (κ2) is 8.19. The highest BCUT2D eigenvalue weighted by molar-refractivity contribution is 6.30. The Hall–Kier alpha value is -2.60. The fraction of sp³-hybridized carbons (Fsp3) is 0.316. The second-order valence-electron chi connectivity index (χ2n) is 6.11. The number of rotatable bonds is 5. The maximum Gasteiger partial charge on any atom is 0.270 e. The first-order valence-corrected chi connectivity index (χ1v) is 8.95. The quantitative estimate of drug-likeness (QED) is 0.819. The van der Waals surface area contributed by atoms with E-state index in [-0.39, 0.29) is 5.91 Å². The first-order chi connectivity index (χ1) is 12.6. The van der Waals surface area contributed by atoms with Crippen molar-refractivity contribution < 1.29 is 4.79 Å². The number of nitrogens with zero attached hydrogens (tertiary/aromatic N) is 4. The summed E-state index contributed by atoms with van der Waals surface area (Å²) < 4.78 is 0. The lowest BCUT2D eigenvalue weighted by Gasteiger charge is -2.36. The molecule has 1 N–H and O–H groups in total. The van der Waals surface area contributed by atoms with Crippen LogP contribution in [-0.4, -0.2) is 48.6 Å². The number of aryl methyl sites for hydroxylation is 1. The molecule has 1 aromatic heterocycles. The molecular weight excluding hydrogens is 350 g/mol. The van der Waals surface area contributed by atoms with Crippen LogP contribution in [0.15, 0.2) is 43.0 Å². The molecule has 3 rings (SSSR count). The fourth-order valence-corrected chi connectivity index (χ4v) is 3.14. The second-order valence-corrected chi connectivity index (χ2v) is 6.55. The van der Waals surface area contributed by atoms with E-state index in [2.05, 4.69) is 37.7 Å². The summed E-state index contributed by atoms with van der Waals surface area (Å²) in [4.78, 5) is 25.4. The largest absolute Gasteiger partial charge is 0.368 e. The maximum atomic E-state index is 12.2. The van der Waals surface area contributed by atoms with Crippen LogP contribution < -0.4 is 15.1 Å². The van der Waals surface area contributed by atoms with Crippen LogP contribution in [0.3, 0.4) is 0 Å². The monoisotopic (exact) mass is 371 g/mol. The molecule has 2 heterocycles. The van der Waals surface area contributed by atoms with Gasteiger partial charge in [0.25, 0.3) is 5.91 Å². The normalized spacial score (nSPS) is 14.2. The number of aromatic nitrogens is 2. The van der Waals surface area contributed by atoms with E-state index in [9.17, 15) is 4.79 Å². The van der Waals surface area contributed by atoms with Crippen LogP contribution in [0.5, 0.6) is 0 Å². The molecule has 1 fully saturated rings. The molecule has 0 saturated carbocycles. The van der Waals surface area contributed by atoms with Gasteiger partial charge in [-0.05, 0) is 25.1 Å². The highest BCUT2D eigenvalue weighted by Gasteiger charge is 2.20. The van der Waals surface area contributed by atoms with Crippen LogP contribution in [0.2, 0.25) is 5.02 Å². The van der Waals surface area contributed by atoms with E-state index in [4.69, 9.17) is 11.6 Å².